The maximum atomic E-state index is 11.0. The molecule has 0 heterocycles. The molecular formula is C11H15ClN2O. The Labute approximate surface area is 94.8 Å². The predicted molar refractivity (Wildman–Crippen MR) is 61.9 cm³/mol. The van der Waals surface area contributed by atoms with E-state index >= 15 is 0 Å². The number of halogens is 1. The Kier molecular flexibility index (Phi) is 4.59. The molecule has 0 aliphatic carbocycles. The smallest absolute Gasteiger partial charge is 0.233 e. The third kappa shape index (κ3) is 3.90. The molecule has 82 valence electrons. The number of nitrogens with one attached hydrogen (secondary N) is 2. The van der Waals surface area contributed by atoms with Crippen molar-refractivity contribution in [1.29, 1.82) is 0 Å². The van der Waals surface area contributed by atoms with Crippen LogP contribution in [0.1, 0.15) is 18.5 Å². The number of hydrogen-bond acceptors (Lipinski definition) is 2. The lowest BCUT2D eigenvalue weighted by molar-refractivity contribution is -0.119. The first-order chi connectivity index (χ1) is 7.13. The summed E-state index contributed by atoms with van der Waals surface area (Å²) in [6.45, 7) is 2.33. The van der Waals surface area contributed by atoms with E-state index in [1.807, 2.05) is 31.2 Å². The monoisotopic (exact) mass is 226 g/mol. The lowest BCUT2D eigenvalue weighted by atomic mass is 10.1. The predicted octanol–water partition coefficient (Wildman–Crippen LogP) is 1.74. The molecule has 2 N–H and O–H groups in total. The summed E-state index contributed by atoms with van der Waals surface area (Å²) in [4.78, 5) is 11.0. The van der Waals surface area contributed by atoms with Crippen molar-refractivity contribution < 1.29 is 4.79 Å². The molecule has 0 aromatic heterocycles. The van der Waals surface area contributed by atoms with E-state index in [1.165, 1.54) is 0 Å². The molecule has 1 aromatic rings. The van der Waals surface area contributed by atoms with Gasteiger partial charge >= 0.3 is 0 Å². The number of benzene rings is 1. The van der Waals surface area contributed by atoms with Crippen molar-refractivity contribution >= 4 is 17.5 Å². The summed E-state index contributed by atoms with van der Waals surface area (Å²) < 4.78 is 0. The number of carbonyl (C=O) groups excluding carboxylic acids is 1. The van der Waals surface area contributed by atoms with Gasteiger partial charge in [-0.3, -0.25) is 4.79 Å². The average molecular weight is 227 g/mol. The van der Waals surface area contributed by atoms with Crippen LogP contribution in [0.15, 0.2) is 24.3 Å². The zero-order valence-corrected chi connectivity index (χ0v) is 9.64. The molecule has 1 amide bonds. The van der Waals surface area contributed by atoms with Crippen molar-refractivity contribution in [2.24, 2.45) is 0 Å². The van der Waals surface area contributed by atoms with Crippen LogP contribution in [-0.2, 0) is 4.79 Å². The van der Waals surface area contributed by atoms with E-state index in [2.05, 4.69) is 10.6 Å². The number of likely N-dealkylation sites (N-methyl/N-ethyl adjacent to an activating group) is 1. The molecule has 1 atom stereocenters. The lowest BCUT2D eigenvalue weighted by Crippen LogP contribution is -2.32. The first-order valence-electron chi connectivity index (χ1n) is 4.83. The fraction of sp³-hybridized carbons (Fsp3) is 0.364. The maximum absolute atomic E-state index is 11.0. The van der Waals surface area contributed by atoms with Gasteiger partial charge in [-0.2, -0.15) is 0 Å². The van der Waals surface area contributed by atoms with Gasteiger partial charge in [0.25, 0.3) is 0 Å². The summed E-state index contributed by atoms with van der Waals surface area (Å²) in [7, 11) is 1.62. The topological polar surface area (TPSA) is 41.1 Å². The van der Waals surface area contributed by atoms with Gasteiger partial charge in [0.15, 0.2) is 0 Å². The summed E-state index contributed by atoms with van der Waals surface area (Å²) in [5.41, 5.74) is 1.11. The largest absolute Gasteiger partial charge is 0.358 e. The van der Waals surface area contributed by atoms with E-state index < -0.39 is 0 Å². The molecule has 0 aliphatic heterocycles. The highest BCUT2D eigenvalue weighted by atomic mass is 35.5. The third-order valence-corrected chi connectivity index (χ3v) is 2.47. The quantitative estimate of drug-likeness (QED) is 0.821. The van der Waals surface area contributed by atoms with Crippen LogP contribution in [0.2, 0.25) is 5.02 Å². The fourth-order valence-electron chi connectivity index (χ4n) is 1.20. The van der Waals surface area contributed by atoms with Crippen molar-refractivity contribution in [3.05, 3.63) is 34.9 Å². The molecule has 3 nitrogen and oxygen atoms in total. The van der Waals surface area contributed by atoms with Crippen molar-refractivity contribution in [2.75, 3.05) is 13.6 Å². The van der Waals surface area contributed by atoms with Crippen LogP contribution in [0.4, 0.5) is 0 Å². The molecule has 0 unspecified atom stereocenters. The third-order valence-electron chi connectivity index (χ3n) is 2.22. The van der Waals surface area contributed by atoms with Gasteiger partial charge in [-0.1, -0.05) is 23.7 Å². The van der Waals surface area contributed by atoms with Gasteiger partial charge in [-0.25, -0.2) is 0 Å². The van der Waals surface area contributed by atoms with Crippen LogP contribution >= 0.6 is 11.6 Å². The van der Waals surface area contributed by atoms with E-state index in [1.54, 1.807) is 7.05 Å². The molecule has 0 saturated carbocycles. The highest BCUT2D eigenvalue weighted by molar-refractivity contribution is 6.30. The van der Waals surface area contributed by atoms with Crippen molar-refractivity contribution in [3.63, 3.8) is 0 Å². The summed E-state index contributed by atoms with van der Waals surface area (Å²) in [5.74, 6) is -0.0178. The molecule has 4 heteroatoms. The van der Waals surface area contributed by atoms with Crippen LogP contribution in [0.25, 0.3) is 0 Å². The minimum absolute atomic E-state index is 0.0178. The molecule has 0 aliphatic rings. The van der Waals surface area contributed by atoms with Crippen molar-refractivity contribution in [2.45, 2.75) is 13.0 Å². The van der Waals surface area contributed by atoms with E-state index in [0.29, 0.717) is 6.54 Å². The molecule has 15 heavy (non-hydrogen) atoms. The van der Waals surface area contributed by atoms with Gasteiger partial charge in [0, 0.05) is 18.1 Å². The summed E-state index contributed by atoms with van der Waals surface area (Å²) >= 11 is 5.78. The molecule has 0 spiro atoms. The highest BCUT2D eigenvalue weighted by Crippen LogP contribution is 2.15. The van der Waals surface area contributed by atoms with Crippen molar-refractivity contribution in [1.82, 2.24) is 10.6 Å². The first-order valence-corrected chi connectivity index (χ1v) is 5.20. The molecule has 1 aromatic carbocycles. The van der Waals surface area contributed by atoms with Crippen LogP contribution in [0.3, 0.4) is 0 Å². The second kappa shape index (κ2) is 5.73. The molecular weight excluding hydrogens is 212 g/mol. The Morgan fingerprint density at radius 1 is 1.40 bits per heavy atom. The standard InChI is InChI=1S/C11H15ClN2O/c1-8(14-7-11(15)13-2)9-3-5-10(12)6-4-9/h3-6,8,14H,7H2,1-2H3,(H,13,15)/t8-/m0/s1. The first kappa shape index (κ1) is 12.0. The highest BCUT2D eigenvalue weighted by Gasteiger charge is 2.06. The van der Waals surface area contributed by atoms with Crippen molar-refractivity contribution in [3.8, 4) is 0 Å². The SMILES string of the molecule is CNC(=O)CN[C@@H](C)c1ccc(Cl)cc1. The van der Waals surface area contributed by atoms with Gasteiger partial charge < -0.3 is 10.6 Å². The molecule has 1 rings (SSSR count). The molecule has 0 bridgehead atoms. The number of rotatable bonds is 4. The number of hydrogen-bond donors (Lipinski definition) is 2. The van der Waals surface area contributed by atoms with E-state index in [-0.39, 0.29) is 11.9 Å². The van der Waals surface area contributed by atoms with E-state index in [9.17, 15) is 4.79 Å². The normalized spacial score (nSPS) is 12.2. The van der Waals surface area contributed by atoms with Gasteiger partial charge in [-0.15, -0.1) is 0 Å². The summed E-state index contributed by atoms with van der Waals surface area (Å²) in [6.07, 6.45) is 0. The minimum atomic E-state index is -0.0178. The Morgan fingerprint density at radius 2 is 2.00 bits per heavy atom. The van der Waals surface area contributed by atoms with Gasteiger partial charge in [0.1, 0.15) is 0 Å². The van der Waals surface area contributed by atoms with Crippen LogP contribution in [0, 0.1) is 0 Å². The average Bonchev–Trinajstić information content (AvgIpc) is 2.26. The Bertz CT molecular complexity index is 324. The molecule has 0 saturated heterocycles. The Morgan fingerprint density at radius 3 is 2.53 bits per heavy atom. The van der Waals surface area contributed by atoms with Gasteiger partial charge in [-0.05, 0) is 24.6 Å². The van der Waals surface area contributed by atoms with E-state index in [4.69, 9.17) is 11.6 Å². The maximum Gasteiger partial charge on any atom is 0.233 e. The van der Waals surface area contributed by atoms with E-state index in [0.717, 1.165) is 10.6 Å². The zero-order valence-electron chi connectivity index (χ0n) is 8.88. The Balaban J connectivity index is 2.50. The molecule has 0 fully saturated rings. The van der Waals surface area contributed by atoms with Gasteiger partial charge in [0.2, 0.25) is 5.91 Å². The number of amides is 1. The minimum Gasteiger partial charge on any atom is -0.358 e. The molecule has 0 radical (unpaired) electrons. The number of carbonyl (C=O) groups is 1. The lowest BCUT2D eigenvalue weighted by Gasteiger charge is -2.13. The summed E-state index contributed by atoms with van der Waals surface area (Å²) in [5, 5.41) is 6.39. The van der Waals surface area contributed by atoms with Crippen LogP contribution in [-0.4, -0.2) is 19.5 Å². The van der Waals surface area contributed by atoms with Gasteiger partial charge in [0.05, 0.1) is 6.54 Å². The second-order valence-corrected chi connectivity index (χ2v) is 3.76. The fourth-order valence-corrected chi connectivity index (χ4v) is 1.33. The second-order valence-electron chi connectivity index (χ2n) is 3.33. The van der Waals surface area contributed by atoms with Crippen LogP contribution in [0.5, 0.6) is 0 Å². The summed E-state index contributed by atoms with van der Waals surface area (Å²) in [6, 6.07) is 7.72. The Hall–Kier alpha value is -1.06. The zero-order chi connectivity index (χ0) is 11.3. The van der Waals surface area contributed by atoms with Crippen LogP contribution < -0.4 is 10.6 Å².